The van der Waals surface area contributed by atoms with Gasteiger partial charge in [-0.2, -0.15) is 0 Å². The summed E-state index contributed by atoms with van der Waals surface area (Å²) in [7, 11) is 1.60. The number of nitrogens with zero attached hydrogens (tertiary/aromatic N) is 1. The molecule has 0 bridgehead atoms. The van der Waals surface area contributed by atoms with E-state index in [1.165, 1.54) is 16.7 Å². The molecule has 0 saturated carbocycles. The molecule has 0 aliphatic heterocycles. The number of benzene rings is 1. The first kappa shape index (κ1) is 16.8. The number of halogens is 3. The molecule has 0 fully saturated rings. The van der Waals surface area contributed by atoms with Crippen LogP contribution in [0.25, 0.3) is 0 Å². The van der Waals surface area contributed by atoms with E-state index >= 15 is 0 Å². The minimum absolute atomic E-state index is 0.316. The lowest BCUT2D eigenvalue weighted by atomic mass is 10.3. The van der Waals surface area contributed by atoms with Gasteiger partial charge in [-0.3, -0.25) is 0 Å². The molecule has 2 amide bonds. The van der Waals surface area contributed by atoms with Gasteiger partial charge in [0, 0.05) is 12.7 Å². The van der Waals surface area contributed by atoms with Gasteiger partial charge in [-0.05, 0) is 17.9 Å². The molecule has 0 heterocycles. The molecule has 106 valence electrons. The standard InChI is InChI=1S/C12H15Cl3N2OS/c1-3-19-10(12(13,14)15)17(2)11(18)16-9-7-5-4-6-8-9/h4-8,10H,3H2,1-2H3,(H,16,18). The molecule has 7 heteroatoms. The van der Waals surface area contributed by atoms with Gasteiger partial charge >= 0.3 is 6.03 Å². The molecule has 1 aromatic carbocycles. The van der Waals surface area contributed by atoms with Crippen molar-refractivity contribution >= 4 is 58.3 Å². The minimum Gasteiger partial charge on any atom is -0.311 e. The summed E-state index contributed by atoms with van der Waals surface area (Å²) in [6.07, 6.45) is 0. The van der Waals surface area contributed by atoms with Gasteiger partial charge in [0.25, 0.3) is 0 Å². The number of carbonyl (C=O) groups excluding carboxylic acids is 1. The van der Waals surface area contributed by atoms with Crippen molar-refractivity contribution in [2.75, 3.05) is 18.1 Å². The number of anilines is 1. The van der Waals surface area contributed by atoms with Crippen molar-refractivity contribution in [3.8, 4) is 0 Å². The second kappa shape index (κ2) is 7.48. The fraction of sp³-hybridized carbons (Fsp3) is 0.417. The molecule has 1 rings (SSSR count). The quantitative estimate of drug-likeness (QED) is 0.641. The van der Waals surface area contributed by atoms with Crippen LogP contribution in [0.3, 0.4) is 0 Å². The summed E-state index contributed by atoms with van der Waals surface area (Å²) in [5.74, 6) is 0.738. The summed E-state index contributed by atoms with van der Waals surface area (Å²) in [6, 6.07) is 8.82. The minimum atomic E-state index is -1.54. The van der Waals surface area contributed by atoms with Crippen LogP contribution in [0.15, 0.2) is 30.3 Å². The molecule has 1 aromatic rings. The average Bonchev–Trinajstić information content (AvgIpc) is 2.35. The number of para-hydroxylation sites is 1. The predicted molar refractivity (Wildman–Crippen MR) is 85.4 cm³/mol. The smallest absolute Gasteiger partial charge is 0.311 e. The third-order valence-corrected chi connectivity index (χ3v) is 4.63. The number of amides is 2. The van der Waals surface area contributed by atoms with Crippen LogP contribution < -0.4 is 5.32 Å². The monoisotopic (exact) mass is 340 g/mol. The average molecular weight is 342 g/mol. The summed E-state index contributed by atoms with van der Waals surface area (Å²) >= 11 is 19.1. The van der Waals surface area contributed by atoms with Crippen molar-refractivity contribution in [1.82, 2.24) is 4.90 Å². The molecule has 1 atom stereocenters. The Labute approximate surface area is 132 Å². The lowest BCUT2D eigenvalue weighted by Crippen LogP contribution is -2.45. The van der Waals surface area contributed by atoms with Gasteiger partial charge in [0.05, 0.1) is 0 Å². The molecule has 3 nitrogen and oxygen atoms in total. The lowest BCUT2D eigenvalue weighted by molar-refractivity contribution is 0.219. The number of thioether (sulfide) groups is 1. The molecule has 19 heavy (non-hydrogen) atoms. The molecule has 0 spiro atoms. The van der Waals surface area contributed by atoms with Crippen molar-refractivity contribution in [1.29, 1.82) is 0 Å². The van der Waals surface area contributed by atoms with Gasteiger partial charge in [0.1, 0.15) is 5.37 Å². The van der Waals surface area contributed by atoms with Crippen LogP contribution in [-0.4, -0.2) is 32.9 Å². The van der Waals surface area contributed by atoms with Crippen molar-refractivity contribution in [3.63, 3.8) is 0 Å². The Morgan fingerprint density at radius 3 is 2.42 bits per heavy atom. The van der Waals surface area contributed by atoms with Gasteiger partial charge in [0.2, 0.25) is 3.79 Å². The van der Waals surface area contributed by atoms with Crippen molar-refractivity contribution in [2.45, 2.75) is 16.1 Å². The summed E-state index contributed by atoms with van der Waals surface area (Å²) in [6.45, 7) is 1.94. The molecule has 0 radical (unpaired) electrons. The molecule has 0 aliphatic rings. The van der Waals surface area contributed by atoms with E-state index in [1.54, 1.807) is 19.2 Å². The van der Waals surface area contributed by atoms with Crippen molar-refractivity contribution < 1.29 is 4.79 Å². The largest absolute Gasteiger partial charge is 0.322 e. The third-order valence-electron chi connectivity index (χ3n) is 2.30. The number of carbonyl (C=O) groups is 1. The van der Waals surface area contributed by atoms with Crippen LogP contribution in [0.4, 0.5) is 10.5 Å². The molecular formula is C12H15Cl3N2OS. The first-order chi connectivity index (χ1) is 8.86. The Morgan fingerprint density at radius 1 is 1.37 bits per heavy atom. The third kappa shape index (κ3) is 5.30. The van der Waals surface area contributed by atoms with E-state index in [9.17, 15) is 4.79 Å². The van der Waals surface area contributed by atoms with Gasteiger partial charge in [-0.15, -0.1) is 11.8 Å². The Balaban J connectivity index is 2.74. The van der Waals surface area contributed by atoms with E-state index in [0.717, 1.165) is 5.75 Å². The zero-order valence-electron chi connectivity index (χ0n) is 10.6. The first-order valence-corrected chi connectivity index (χ1v) is 7.81. The molecule has 0 saturated heterocycles. The Hall–Kier alpha value is -0.290. The molecule has 0 aromatic heterocycles. The molecule has 1 unspecified atom stereocenters. The van der Waals surface area contributed by atoms with E-state index in [0.29, 0.717) is 5.69 Å². The van der Waals surface area contributed by atoms with Crippen LogP contribution in [0.1, 0.15) is 6.92 Å². The van der Waals surface area contributed by atoms with Crippen molar-refractivity contribution in [3.05, 3.63) is 30.3 Å². The zero-order chi connectivity index (χ0) is 14.5. The Kier molecular flexibility index (Phi) is 6.60. The second-order valence-electron chi connectivity index (χ2n) is 3.76. The van der Waals surface area contributed by atoms with E-state index in [4.69, 9.17) is 34.8 Å². The normalized spacial score (nSPS) is 12.9. The van der Waals surface area contributed by atoms with E-state index < -0.39 is 9.17 Å². The van der Waals surface area contributed by atoms with E-state index in [-0.39, 0.29) is 6.03 Å². The van der Waals surface area contributed by atoms with Gasteiger partial charge in [-0.1, -0.05) is 59.9 Å². The summed E-state index contributed by atoms with van der Waals surface area (Å²) in [4.78, 5) is 13.5. The van der Waals surface area contributed by atoms with Gasteiger partial charge < -0.3 is 10.2 Å². The highest BCUT2D eigenvalue weighted by molar-refractivity contribution is 8.00. The molecule has 1 N–H and O–H groups in total. The van der Waals surface area contributed by atoms with Crippen molar-refractivity contribution in [2.24, 2.45) is 0 Å². The van der Waals surface area contributed by atoms with Gasteiger partial charge in [0.15, 0.2) is 0 Å². The highest BCUT2D eigenvalue weighted by Crippen LogP contribution is 2.39. The predicted octanol–water partition coefficient (Wildman–Crippen LogP) is 4.60. The van der Waals surface area contributed by atoms with Crippen LogP contribution in [-0.2, 0) is 0 Å². The zero-order valence-corrected chi connectivity index (χ0v) is 13.7. The lowest BCUT2D eigenvalue weighted by Gasteiger charge is -2.32. The maximum absolute atomic E-state index is 12.1. The fourth-order valence-electron chi connectivity index (χ4n) is 1.42. The maximum atomic E-state index is 12.1. The van der Waals surface area contributed by atoms with Gasteiger partial charge in [-0.25, -0.2) is 4.79 Å². The number of hydrogen-bond acceptors (Lipinski definition) is 2. The number of urea groups is 1. The summed E-state index contributed by atoms with van der Waals surface area (Å²) < 4.78 is -1.54. The number of rotatable bonds is 4. The summed E-state index contributed by atoms with van der Waals surface area (Å²) in [5, 5.41) is 2.20. The summed E-state index contributed by atoms with van der Waals surface area (Å²) in [5.41, 5.74) is 0.698. The second-order valence-corrected chi connectivity index (χ2v) is 7.48. The highest BCUT2D eigenvalue weighted by atomic mass is 35.6. The topological polar surface area (TPSA) is 32.3 Å². The Morgan fingerprint density at radius 2 is 1.95 bits per heavy atom. The highest BCUT2D eigenvalue weighted by Gasteiger charge is 2.37. The van der Waals surface area contributed by atoms with Crippen LogP contribution >= 0.6 is 46.6 Å². The number of nitrogens with one attached hydrogen (secondary N) is 1. The van der Waals surface area contributed by atoms with E-state index in [1.807, 2.05) is 25.1 Å². The fourth-order valence-corrected chi connectivity index (χ4v) is 3.25. The SMILES string of the molecule is CCSC(N(C)C(=O)Nc1ccccc1)C(Cl)(Cl)Cl. The molecule has 0 aliphatic carbocycles. The van der Waals surface area contributed by atoms with Crippen LogP contribution in [0.5, 0.6) is 0 Å². The van der Waals surface area contributed by atoms with E-state index in [2.05, 4.69) is 5.32 Å². The molecular weight excluding hydrogens is 327 g/mol. The van der Waals surface area contributed by atoms with Crippen LogP contribution in [0, 0.1) is 0 Å². The number of alkyl halides is 3. The van der Waals surface area contributed by atoms with Crippen LogP contribution in [0.2, 0.25) is 0 Å². The Bertz CT molecular complexity index is 411. The maximum Gasteiger partial charge on any atom is 0.322 e. The number of hydrogen-bond donors (Lipinski definition) is 1. The first-order valence-electron chi connectivity index (χ1n) is 5.63.